The average molecular weight is 659 g/mol. The number of nitrogens with one attached hydrogen (secondary N) is 1. The molecule has 2 spiro atoms. The van der Waals surface area contributed by atoms with Crippen LogP contribution in [0.5, 0.6) is 0 Å². The maximum atomic E-state index is 13.0. The lowest BCUT2D eigenvalue weighted by atomic mass is 9.41. The van der Waals surface area contributed by atoms with E-state index in [1.807, 2.05) is 4.90 Å². The molecule has 8 aliphatic rings. The second kappa shape index (κ2) is 10.6. The fraction of sp³-hybridized carbons (Fsp3) is 0.974. The van der Waals surface area contributed by atoms with E-state index in [9.17, 15) is 20.1 Å². The smallest absolute Gasteiger partial charge is 0.228 e. The molecule has 8 fully saturated rings. The van der Waals surface area contributed by atoms with E-state index in [-0.39, 0.29) is 63.3 Å². The molecule has 3 aliphatic heterocycles. The lowest BCUT2D eigenvalue weighted by molar-refractivity contribution is -0.248. The monoisotopic (exact) mass is 658 g/mol. The van der Waals surface area contributed by atoms with Crippen LogP contribution in [0, 0.1) is 56.7 Å². The zero-order chi connectivity index (χ0) is 33.5. The van der Waals surface area contributed by atoms with Crippen LogP contribution < -0.4 is 5.32 Å². The molecule has 3 saturated heterocycles. The summed E-state index contributed by atoms with van der Waals surface area (Å²) in [7, 11) is 0. The zero-order valence-electron chi connectivity index (χ0n) is 30.0. The van der Waals surface area contributed by atoms with Crippen LogP contribution in [0.25, 0.3) is 0 Å². The van der Waals surface area contributed by atoms with Crippen molar-refractivity contribution < 1.29 is 34.3 Å². The van der Waals surface area contributed by atoms with Crippen molar-refractivity contribution in [2.45, 2.75) is 142 Å². The molecule has 14 atom stereocenters. The molecular weight excluding hydrogens is 596 g/mol. The molecule has 5 aliphatic carbocycles. The summed E-state index contributed by atoms with van der Waals surface area (Å²) in [5.41, 5.74) is -1.04. The number of hydrogen-bond donors (Lipinski definition) is 4. The van der Waals surface area contributed by atoms with Crippen LogP contribution in [-0.2, 0) is 19.0 Å². The van der Waals surface area contributed by atoms with E-state index in [4.69, 9.17) is 14.2 Å². The van der Waals surface area contributed by atoms with Crippen LogP contribution in [-0.4, -0.2) is 101 Å². The van der Waals surface area contributed by atoms with Crippen LogP contribution in [0.4, 0.5) is 0 Å². The van der Waals surface area contributed by atoms with Crippen LogP contribution in [0.15, 0.2) is 0 Å². The van der Waals surface area contributed by atoms with Crippen LogP contribution in [0.1, 0.15) is 99.8 Å². The van der Waals surface area contributed by atoms with Crippen molar-refractivity contribution in [1.29, 1.82) is 0 Å². The first kappa shape index (κ1) is 33.3. The van der Waals surface area contributed by atoms with Gasteiger partial charge in [-0.25, -0.2) is 0 Å². The second-order valence-electron chi connectivity index (χ2n) is 19.2. The van der Waals surface area contributed by atoms with E-state index in [0.717, 1.165) is 45.2 Å². The van der Waals surface area contributed by atoms with Crippen LogP contribution >= 0.6 is 0 Å². The standard InChI is InChI=1S/C38H62N2O7/c1-21-16-23(30(41)34(4,5)44)46-29-28(21)35(6)12-13-38-20-37(38)11-10-26(33(2,3)24(37)8-9-25(38)36(35,7)31(29)42)47-27-19-40(14-15-45-27)32(43)22-17-39-18-22/h21-31,39,41-42,44H,8-20H2,1-7H3/t21-,23?,24+,25?,26?,27+,28+,29?,30?,31+,35?,36-,37?,38?/m1/s1. The fourth-order valence-electron chi connectivity index (χ4n) is 14.0. The Labute approximate surface area is 281 Å². The van der Waals surface area contributed by atoms with Gasteiger partial charge in [-0.3, -0.25) is 4.79 Å². The van der Waals surface area contributed by atoms with E-state index in [2.05, 4.69) is 39.9 Å². The van der Waals surface area contributed by atoms with Gasteiger partial charge in [-0.15, -0.1) is 0 Å². The maximum Gasteiger partial charge on any atom is 0.228 e. The number of amides is 1. The topological polar surface area (TPSA) is 121 Å². The third-order valence-corrected chi connectivity index (χ3v) is 16.6. The molecule has 5 saturated carbocycles. The zero-order valence-corrected chi connectivity index (χ0v) is 30.0. The molecule has 9 nitrogen and oxygen atoms in total. The van der Waals surface area contributed by atoms with Crippen LogP contribution in [0.2, 0.25) is 0 Å². The van der Waals surface area contributed by atoms with E-state index in [1.54, 1.807) is 13.8 Å². The Morgan fingerprint density at radius 3 is 2.43 bits per heavy atom. The number of morpholine rings is 1. The van der Waals surface area contributed by atoms with Crippen molar-refractivity contribution in [2.75, 3.05) is 32.8 Å². The van der Waals surface area contributed by atoms with Gasteiger partial charge in [0.1, 0.15) is 6.10 Å². The van der Waals surface area contributed by atoms with Gasteiger partial charge in [0.2, 0.25) is 5.91 Å². The van der Waals surface area contributed by atoms with Gasteiger partial charge < -0.3 is 39.7 Å². The summed E-state index contributed by atoms with van der Waals surface area (Å²) in [6, 6.07) is 0. The third kappa shape index (κ3) is 4.35. The predicted octanol–water partition coefficient (Wildman–Crippen LogP) is 3.72. The molecule has 0 aromatic rings. The first-order valence-electron chi connectivity index (χ1n) is 19.0. The van der Waals surface area contributed by atoms with Crippen LogP contribution in [0.3, 0.4) is 0 Å². The predicted molar refractivity (Wildman–Crippen MR) is 176 cm³/mol. The summed E-state index contributed by atoms with van der Waals surface area (Å²) in [4.78, 5) is 14.9. The van der Waals surface area contributed by atoms with E-state index < -0.39 is 23.9 Å². The fourth-order valence-corrected chi connectivity index (χ4v) is 14.0. The van der Waals surface area contributed by atoms with Gasteiger partial charge in [0.15, 0.2) is 6.29 Å². The lowest BCUT2D eigenvalue weighted by Gasteiger charge is -2.64. The summed E-state index contributed by atoms with van der Waals surface area (Å²) < 4.78 is 19.6. The summed E-state index contributed by atoms with van der Waals surface area (Å²) in [5.74, 6) is 1.85. The highest BCUT2D eigenvalue weighted by molar-refractivity contribution is 5.80. The number of ether oxygens (including phenoxy) is 3. The molecule has 0 bridgehead atoms. The molecule has 266 valence electrons. The highest BCUT2D eigenvalue weighted by Gasteiger charge is 2.84. The average Bonchev–Trinajstić information content (AvgIpc) is 3.61. The normalized spacial score (nSPS) is 52.6. The summed E-state index contributed by atoms with van der Waals surface area (Å²) in [6.07, 6.45) is 6.08. The van der Waals surface area contributed by atoms with Gasteiger partial charge in [-0.2, -0.15) is 0 Å². The molecule has 9 heteroatoms. The highest BCUT2D eigenvalue weighted by Crippen LogP contribution is 2.89. The summed E-state index contributed by atoms with van der Waals surface area (Å²) >= 11 is 0. The number of carbonyl (C=O) groups is 1. The molecule has 0 aromatic carbocycles. The number of aliphatic hydroxyl groups is 3. The minimum absolute atomic E-state index is 0.0116. The van der Waals surface area contributed by atoms with E-state index in [1.165, 1.54) is 12.8 Å². The molecule has 1 amide bonds. The Kier molecular flexibility index (Phi) is 7.53. The van der Waals surface area contributed by atoms with Gasteiger partial charge >= 0.3 is 0 Å². The first-order chi connectivity index (χ1) is 22.0. The number of aliphatic hydroxyl groups excluding tert-OH is 2. The maximum absolute atomic E-state index is 13.0. The highest BCUT2D eigenvalue weighted by atomic mass is 16.7. The Bertz CT molecular complexity index is 1270. The Morgan fingerprint density at radius 2 is 1.74 bits per heavy atom. The SMILES string of the molecule is C[C@@H]1CC(C(O)C(C)(C)O)OC2[C@H]1C1(C)CCC34CC35CCC(O[C@H]3CN(C(=O)C6CNC6)CCO3)C(C)(C)[C@@H]5CCC4[C@]1(C)[C@H]2O. The van der Waals surface area contributed by atoms with Crippen molar-refractivity contribution in [3.8, 4) is 0 Å². The summed E-state index contributed by atoms with van der Waals surface area (Å²) in [5, 5.41) is 37.3. The quantitative estimate of drug-likeness (QED) is 0.353. The lowest BCUT2D eigenvalue weighted by Crippen LogP contribution is -2.60. The second-order valence-corrected chi connectivity index (χ2v) is 19.2. The number of nitrogens with zero attached hydrogens (tertiary/aromatic N) is 1. The van der Waals surface area contributed by atoms with Crippen molar-refractivity contribution in [1.82, 2.24) is 10.2 Å². The Balaban J connectivity index is 1.01. The van der Waals surface area contributed by atoms with Gasteiger partial charge in [0.25, 0.3) is 0 Å². The van der Waals surface area contributed by atoms with Crippen molar-refractivity contribution in [3.05, 3.63) is 0 Å². The van der Waals surface area contributed by atoms with E-state index >= 15 is 0 Å². The number of hydrogen-bond acceptors (Lipinski definition) is 8. The molecule has 0 radical (unpaired) electrons. The number of carbonyl (C=O) groups excluding carboxylic acids is 1. The van der Waals surface area contributed by atoms with Crippen molar-refractivity contribution >= 4 is 5.91 Å². The van der Waals surface area contributed by atoms with Gasteiger partial charge in [0.05, 0.1) is 49.1 Å². The molecular formula is C38H62N2O7. The van der Waals surface area contributed by atoms with Crippen molar-refractivity contribution in [3.63, 3.8) is 0 Å². The minimum Gasteiger partial charge on any atom is -0.390 e. The van der Waals surface area contributed by atoms with Gasteiger partial charge in [-0.1, -0.05) is 34.6 Å². The largest absolute Gasteiger partial charge is 0.390 e. The molecule has 8 rings (SSSR count). The molecule has 47 heavy (non-hydrogen) atoms. The van der Waals surface area contributed by atoms with E-state index in [0.29, 0.717) is 43.9 Å². The molecule has 0 aromatic heterocycles. The third-order valence-electron chi connectivity index (χ3n) is 16.6. The van der Waals surface area contributed by atoms with Gasteiger partial charge in [0, 0.05) is 25.0 Å². The molecule has 8 unspecified atom stereocenters. The summed E-state index contributed by atoms with van der Waals surface area (Å²) in [6.45, 7) is 18.5. The van der Waals surface area contributed by atoms with Gasteiger partial charge in [-0.05, 0) is 111 Å². The Morgan fingerprint density at radius 1 is 1.04 bits per heavy atom. The molecule has 3 heterocycles. The Hall–Kier alpha value is -0.810. The minimum atomic E-state index is -1.26. The number of rotatable bonds is 5. The number of fused-ring (bicyclic) bond motifs is 4. The first-order valence-corrected chi connectivity index (χ1v) is 19.0. The molecule has 4 N–H and O–H groups in total. The van der Waals surface area contributed by atoms with Crippen molar-refractivity contribution in [2.24, 2.45) is 56.7 Å².